The number of H-pyrrole nitrogens is 1. The third-order valence-corrected chi connectivity index (χ3v) is 5.53. The van der Waals surface area contributed by atoms with E-state index in [2.05, 4.69) is 9.97 Å². The van der Waals surface area contributed by atoms with Crippen molar-refractivity contribution < 1.29 is 23.3 Å². The quantitative estimate of drug-likeness (QED) is 0.590. The highest BCUT2D eigenvalue weighted by molar-refractivity contribution is 5.75. The molecule has 2 heterocycles. The van der Waals surface area contributed by atoms with E-state index < -0.39 is 12.3 Å². The zero-order valence-electron chi connectivity index (χ0n) is 18.3. The molecule has 0 radical (unpaired) electrons. The summed E-state index contributed by atoms with van der Waals surface area (Å²) in [6.45, 7) is 3.64. The Bertz CT molecular complexity index is 1030. The number of aryl methyl sites for hydroxylation is 1. The van der Waals surface area contributed by atoms with E-state index in [1.54, 1.807) is 21.3 Å². The Morgan fingerprint density at radius 1 is 1.06 bits per heavy atom. The van der Waals surface area contributed by atoms with Crippen molar-refractivity contribution in [2.75, 3.05) is 34.4 Å². The summed E-state index contributed by atoms with van der Waals surface area (Å²) in [5.74, 6) is 2.41. The Hall–Kier alpha value is -2.84. The predicted octanol–water partition coefficient (Wildman–Crippen LogP) is 3.64. The number of alkyl halides is 1. The summed E-state index contributed by atoms with van der Waals surface area (Å²) in [4.78, 5) is 9.80. The summed E-state index contributed by atoms with van der Waals surface area (Å²) in [6, 6.07) is 9.80. The largest absolute Gasteiger partial charge is 0.493 e. The van der Waals surface area contributed by atoms with Crippen molar-refractivity contribution in [1.82, 2.24) is 14.9 Å². The van der Waals surface area contributed by atoms with Gasteiger partial charge in [-0.2, -0.15) is 0 Å². The minimum absolute atomic E-state index is 0.247. The van der Waals surface area contributed by atoms with Crippen LogP contribution >= 0.6 is 0 Å². The Labute approximate surface area is 181 Å². The van der Waals surface area contributed by atoms with Gasteiger partial charge in [0.2, 0.25) is 5.75 Å². The standard InChI is InChI=1S/C23H28FN3O4/c1-14-5-6-17-18(7-14)26-22(25-17)13-31-21-12-27(11-16(21)24)10-15-8-19(28-2)23(30-4)20(9-15)29-3/h5-9,16,21H,10-13H2,1-4H3,(H,25,26). The normalized spacial score (nSPS) is 19.1. The second kappa shape index (κ2) is 9.11. The maximum atomic E-state index is 14.6. The summed E-state index contributed by atoms with van der Waals surface area (Å²) in [5, 5.41) is 0. The maximum absolute atomic E-state index is 14.6. The number of halogens is 1. The van der Waals surface area contributed by atoms with E-state index in [4.69, 9.17) is 18.9 Å². The van der Waals surface area contributed by atoms with Crippen LogP contribution in [0.3, 0.4) is 0 Å². The number of fused-ring (bicyclic) bond motifs is 1. The number of hydrogen-bond acceptors (Lipinski definition) is 6. The van der Waals surface area contributed by atoms with Crippen LogP contribution in [0.5, 0.6) is 17.2 Å². The van der Waals surface area contributed by atoms with Crippen molar-refractivity contribution in [2.24, 2.45) is 0 Å². The van der Waals surface area contributed by atoms with Crippen molar-refractivity contribution in [2.45, 2.75) is 32.4 Å². The molecule has 1 N–H and O–H groups in total. The van der Waals surface area contributed by atoms with Crippen LogP contribution in [0.15, 0.2) is 30.3 Å². The van der Waals surface area contributed by atoms with E-state index >= 15 is 0 Å². The van der Waals surface area contributed by atoms with Crippen LogP contribution in [0, 0.1) is 6.92 Å². The summed E-state index contributed by atoms with van der Waals surface area (Å²) in [7, 11) is 4.73. The first-order valence-corrected chi connectivity index (χ1v) is 10.2. The van der Waals surface area contributed by atoms with E-state index in [1.165, 1.54) is 0 Å². The highest BCUT2D eigenvalue weighted by Gasteiger charge is 2.34. The second-order valence-corrected chi connectivity index (χ2v) is 7.80. The molecule has 0 saturated carbocycles. The summed E-state index contributed by atoms with van der Waals surface area (Å²) >= 11 is 0. The number of benzene rings is 2. The molecule has 2 atom stereocenters. The van der Waals surface area contributed by atoms with Crippen LogP contribution in [0.1, 0.15) is 17.0 Å². The Balaban J connectivity index is 1.39. The average molecular weight is 429 g/mol. The minimum Gasteiger partial charge on any atom is -0.493 e. The van der Waals surface area contributed by atoms with Gasteiger partial charge in [0.1, 0.15) is 24.7 Å². The Morgan fingerprint density at radius 3 is 2.48 bits per heavy atom. The number of nitrogens with zero attached hydrogens (tertiary/aromatic N) is 2. The lowest BCUT2D eigenvalue weighted by molar-refractivity contribution is 0.00863. The molecule has 4 rings (SSSR count). The Morgan fingerprint density at radius 2 is 1.81 bits per heavy atom. The van der Waals surface area contributed by atoms with Gasteiger partial charge in [-0.3, -0.25) is 4.90 Å². The van der Waals surface area contributed by atoms with E-state index in [1.807, 2.05) is 42.2 Å². The van der Waals surface area contributed by atoms with Gasteiger partial charge in [-0.25, -0.2) is 9.37 Å². The SMILES string of the molecule is COc1cc(CN2CC(F)C(OCc3nc4ccc(C)cc4[nH]3)C2)cc(OC)c1OC. The third-order valence-electron chi connectivity index (χ3n) is 5.53. The molecular formula is C23H28FN3O4. The van der Waals surface area contributed by atoms with Crippen LogP contribution in [0.2, 0.25) is 0 Å². The molecule has 1 aromatic heterocycles. The molecule has 1 fully saturated rings. The second-order valence-electron chi connectivity index (χ2n) is 7.80. The molecule has 31 heavy (non-hydrogen) atoms. The first-order chi connectivity index (χ1) is 15.0. The number of imidazole rings is 1. The summed E-state index contributed by atoms with van der Waals surface area (Å²) in [5.41, 5.74) is 3.96. The zero-order valence-corrected chi connectivity index (χ0v) is 18.3. The fraction of sp³-hybridized carbons (Fsp3) is 0.435. The van der Waals surface area contributed by atoms with Crippen molar-refractivity contribution in [3.8, 4) is 17.2 Å². The lowest BCUT2D eigenvalue weighted by Crippen LogP contribution is -2.24. The molecule has 0 bridgehead atoms. The molecule has 2 unspecified atom stereocenters. The van der Waals surface area contributed by atoms with Crippen molar-refractivity contribution >= 4 is 11.0 Å². The van der Waals surface area contributed by atoms with Gasteiger partial charge in [0.15, 0.2) is 11.5 Å². The lowest BCUT2D eigenvalue weighted by atomic mass is 10.1. The zero-order chi connectivity index (χ0) is 22.0. The molecule has 1 aliphatic heterocycles. The average Bonchev–Trinajstić information content (AvgIpc) is 3.33. The number of likely N-dealkylation sites (tertiary alicyclic amines) is 1. The smallest absolute Gasteiger partial charge is 0.203 e. The highest BCUT2D eigenvalue weighted by Crippen LogP contribution is 2.38. The van der Waals surface area contributed by atoms with Crippen LogP contribution in [-0.2, 0) is 17.9 Å². The minimum atomic E-state index is -1.06. The van der Waals surface area contributed by atoms with E-state index in [-0.39, 0.29) is 6.61 Å². The first-order valence-electron chi connectivity index (χ1n) is 10.2. The van der Waals surface area contributed by atoms with Gasteiger partial charge in [-0.05, 0) is 42.3 Å². The molecule has 1 aliphatic rings. The number of ether oxygens (including phenoxy) is 4. The van der Waals surface area contributed by atoms with Crippen LogP contribution in [-0.4, -0.2) is 61.6 Å². The van der Waals surface area contributed by atoms with Gasteiger partial charge in [0.05, 0.1) is 32.4 Å². The van der Waals surface area contributed by atoms with E-state index in [0.717, 1.165) is 22.2 Å². The molecule has 1 saturated heterocycles. The van der Waals surface area contributed by atoms with E-state index in [0.29, 0.717) is 42.7 Å². The van der Waals surface area contributed by atoms with Gasteiger partial charge in [-0.1, -0.05) is 6.07 Å². The number of rotatable bonds is 8. The van der Waals surface area contributed by atoms with Crippen molar-refractivity contribution in [3.05, 3.63) is 47.3 Å². The van der Waals surface area contributed by atoms with Crippen LogP contribution < -0.4 is 14.2 Å². The fourth-order valence-electron chi connectivity index (χ4n) is 4.01. The van der Waals surface area contributed by atoms with Crippen molar-refractivity contribution in [1.29, 1.82) is 0 Å². The van der Waals surface area contributed by atoms with Gasteiger partial charge < -0.3 is 23.9 Å². The van der Waals surface area contributed by atoms with Crippen LogP contribution in [0.4, 0.5) is 4.39 Å². The molecule has 3 aromatic rings. The third kappa shape index (κ3) is 4.60. The van der Waals surface area contributed by atoms with Gasteiger partial charge in [0.25, 0.3) is 0 Å². The number of methoxy groups -OCH3 is 3. The molecule has 7 nitrogen and oxygen atoms in total. The predicted molar refractivity (Wildman–Crippen MR) is 116 cm³/mol. The summed E-state index contributed by atoms with van der Waals surface area (Å²) < 4.78 is 36.7. The first kappa shape index (κ1) is 21.4. The highest BCUT2D eigenvalue weighted by atomic mass is 19.1. The lowest BCUT2D eigenvalue weighted by Gasteiger charge is -2.18. The van der Waals surface area contributed by atoms with Gasteiger partial charge >= 0.3 is 0 Å². The Kier molecular flexibility index (Phi) is 6.29. The number of nitrogens with one attached hydrogen (secondary N) is 1. The van der Waals surface area contributed by atoms with Gasteiger partial charge in [-0.15, -0.1) is 0 Å². The van der Waals surface area contributed by atoms with Crippen LogP contribution in [0.25, 0.3) is 11.0 Å². The molecule has 166 valence electrons. The molecule has 0 aliphatic carbocycles. The summed E-state index contributed by atoms with van der Waals surface area (Å²) in [6.07, 6.45) is -1.56. The molecule has 0 spiro atoms. The topological polar surface area (TPSA) is 68.8 Å². The van der Waals surface area contributed by atoms with E-state index in [9.17, 15) is 4.39 Å². The monoisotopic (exact) mass is 429 g/mol. The van der Waals surface area contributed by atoms with Crippen molar-refractivity contribution in [3.63, 3.8) is 0 Å². The number of aromatic nitrogens is 2. The molecule has 0 amide bonds. The fourth-order valence-corrected chi connectivity index (χ4v) is 4.01. The molecular weight excluding hydrogens is 401 g/mol. The maximum Gasteiger partial charge on any atom is 0.203 e. The number of hydrogen-bond donors (Lipinski definition) is 1. The molecule has 8 heteroatoms. The van der Waals surface area contributed by atoms with Gasteiger partial charge in [0, 0.05) is 19.6 Å². The molecule has 2 aromatic carbocycles. The number of aromatic amines is 1.